The molecule has 1 heterocycles. The second kappa shape index (κ2) is 10.4. The van der Waals surface area contributed by atoms with Gasteiger partial charge in [0, 0.05) is 11.3 Å². The third-order valence-electron chi connectivity index (χ3n) is 6.43. The molecule has 0 aromatic heterocycles. The number of benzene rings is 2. The van der Waals surface area contributed by atoms with Gasteiger partial charge in [0.15, 0.2) is 0 Å². The summed E-state index contributed by atoms with van der Waals surface area (Å²) in [5.41, 5.74) is 9.09. The first kappa shape index (κ1) is 24.2. The zero-order chi connectivity index (χ0) is 22.7. The Labute approximate surface area is 196 Å². The topological polar surface area (TPSA) is 21.7 Å². The molecule has 5 heteroatoms. The van der Waals surface area contributed by atoms with Gasteiger partial charge in [0.1, 0.15) is 6.61 Å². The maximum Gasteiger partial charge on any atom is 0.201 e. The first-order valence-corrected chi connectivity index (χ1v) is 12.5. The number of anilines is 1. The van der Waals surface area contributed by atoms with Gasteiger partial charge in [-0.15, -0.1) is 6.58 Å². The van der Waals surface area contributed by atoms with E-state index in [2.05, 4.69) is 63.9 Å². The van der Waals surface area contributed by atoms with Crippen LogP contribution in [0.4, 0.5) is 5.69 Å². The highest BCUT2D eigenvalue weighted by Gasteiger charge is 2.33. The highest BCUT2D eigenvalue weighted by molar-refractivity contribution is 8.00. The van der Waals surface area contributed by atoms with Crippen LogP contribution in [0.2, 0.25) is 5.02 Å². The lowest BCUT2D eigenvalue weighted by Gasteiger charge is -2.38. The van der Waals surface area contributed by atoms with E-state index in [4.69, 9.17) is 21.4 Å². The molecule has 0 N–H and O–H groups in total. The van der Waals surface area contributed by atoms with Gasteiger partial charge in [-0.2, -0.15) is 0 Å². The number of hydrogen-bond acceptors (Lipinski definition) is 4. The molecule has 1 fully saturated rings. The Morgan fingerprint density at radius 1 is 1.16 bits per heavy atom. The summed E-state index contributed by atoms with van der Waals surface area (Å²) in [6, 6.07) is 8.25. The van der Waals surface area contributed by atoms with Gasteiger partial charge in [0.2, 0.25) is 6.23 Å². The van der Waals surface area contributed by atoms with Crippen molar-refractivity contribution in [1.29, 1.82) is 0 Å². The van der Waals surface area contributed by atoms with Crippen molar-refractivity contribution in [1.82, 2.24) is 0 Å². The number of nitrogens with zero attached hydrogens (tertiary/aromatic N) is 1. The smallest absolute Gasteiger partial charge is 0.201 e. The van der Waals surface area contributed by atoms with E-state index in [-0.39, 0.29) is 6.23 Å². The van der Waals surface area contributed by atoms with Crippen molar-refractivity contribution in [3.8, 4) is 11.1 Å². The average molecular weight is 460 g/mol. The normalized spacial score (nSPS) is 16.8. The molecule has 31 heavy (non-hydrogen) atoms. The Balaban J connectivity index is 2.31. The summed E-state index contributed by atoms with van der Waals surface area (Å²) in [6.45, 7) is 16.1. The summed E-state index contributed by atoms with van der Waals surface area (Å²) in [5, 5.41) is 0.756. The van der Waals surface area contributed by atoms with Crippen LogP contribution in [0.5, 0.6) is 0 Å². The lowest BCUT2D eigenvalue weighted by atomic mass is 9.80. The molecule has 2 aromatic rings. The molecule has 2 unspecified atom stereocenters. The van der Waals surface area contributed by atoms with Gasteiger partial charge in [-0.25, -0.2) is 9.78 Å². The van der Waals surface area contributed by atoms with E-state index in [9.17, 15) is 0 Å². The minimum atomic E-state index is -0.0688. The van der Waals surface area contributed by atoms with Crippen molar-refractivity contribution in [2.24, 2.45) is 11.8 Å². The molecule has 0 spiro atoms. The van der Waals surface area contributed by atoms with Crippen molar-refractivity contribution in [3.63, 3.8) is 0 Å². The van der Waals surface area contributed by atoms with Gasteiger partial charge in [0.05, 0.1) is 5.69 Å². The molecule has 1 saturated heterocycles. The molecule has 3 rings (SSSR count). The predicted octanol–water partition coefficient (Wildman–Crippen LogP) is 7.56. The fraction of sp³-hybridized carbons (Fsp3) is 0.462. The second-order valence-corrected chi connectivity index (χ2v) is 9.89. The fourth-order valence-corrected chi connectivity index (χ4v) is 5.13. The van der Waals surface area contributed by atoms with Gasteiger partial charge < -0.3 is 0 Å². The van der Waals surface area contributed by atoms with E-state index in [0.717, 1.165) is 17.9 Å². The summed E-state index contributed by atoms with van der Waals surface area (Å²) >= 11 is 7.90. The van der Waals surface area contributed by atoms with E-state index < -0.39 is 0 Å². The van der Waals surface area contributed by atoms with E-state index in [1.54, 1.807) is 11.9 Å². The van der Waals surface area contributed by atoms with Crippen LogP contribution < -0.4 is 4.31 Å². The number of halogens is 1. The molecule has 2 atom stereocenters. The minimum absolute atomic E-state index is 0.0688. The SMILES string of the molecule is C=CCc1c(C)c(N(SC)C2COO2)c(C)c(CC(C)C(C)C)c1-c1ccc(Cl)cc1. The third kappa shape index (κ3) is 4.98. The first-order chi connectivity index (χ1) is 14.8. The molecule has 0 aliphatic carbocycles. The van der Waals surface area contributed by atoms with Gasteiger partial charge >= 0.3 is 0 Å². The van der Waals surface area contributed by atoms with E-state index in [1.807, 2.05) is 18.2 Å². The highest BCUT2D eigenvalue weighted by Crippen LogP contribution is 2.44. The van der Waals surface area contributed by atoms with Crippen LogP contribution in [0.3, 0.4) is 0 Å². The molecule has 2 aromatic carbocycles. The summed E-state index contributed by atoms with van der Waals surface area (Å²) in [6.07, 6.45) is 5.86. The van der Waals surface area contributed by atoms with Crippen LogP contribution in [0.1, 0.15) is 43.0 Å². The zero-order valence-electron chi connectivity index (χ0n) is 19.5. The van der Waals surface area contributed by atoms with Crippen molar-refractivity contribution < 1.29 is 9.78 Å². The van der Waals surface area contributed by atoms with Crippen molar-refractivity contribution >= 4 is 29.2 Å². The Morgan fingerprint density at radius 3 is 2.26 bits per heavy atom. The molecular formula is C26H34ClNO2S. The molecule has 1 aliphatic heterocycles. The fourth-order valence-electron chi connectivity index (χ4n) is 4.22. The minimum Gasteiger partial charge on any atom is -0.283 e. The summed E-state index contributed by atoms with van der Waals surface area (Å²) in [4.78, 5) is 10.4. The Bertz CT molecular complexity index is 922. The number of hydrogen-bond donors (Lipinski definition) is 0. The predicted molar refractivity (Wildman–Crippen MR) is 135 cm³/mol. The molecular weight excluding hydrogens is 426 g/mol. The number of rotatable bonds is 9. The average Bonchev–Trinajstić information content (AvgIpc) is 2.70. The third-order valence-corrected chi connectivity index (χ3v) is 7.50. The molecule has 1 aliphatic rings. The van der Waals surface area contributed by atoms with Crippen LogP contribution in [0.25, 0.3) is 11.1 Å². The van der Waals surface area contributed by atoms with Crippen molar-refractivity contribution in [2.45, 2.75) is 53.7 Å². The van der Waals surface area contributed by atoms with E-state index >= 15 is 0 Å². The second-order valence-electron chi connectivity index (χ2n) is 8.70. The van der Waals surface area contributed by atoms with Crippen molar-refractivity contribution in [3.05, 3.63) is 64.2 Å². The van der Waals surface area contributed by atoms with E-state index in [1.165, 1.54) is 39.1 Å². The molecule has 3 nitrogen and oxygen atoms in total. The van der Waals surface area contributed by atoms with Crippen LogP contribution in [-0.4, -0.2) is 19.1 Å². The van der Waals surface area contributed by atoms with Gasteiger partial charge in [-0.1, -0.05) is 62.5 Å². The molecule has 168 valence electrons. The molecule has 0 radical (unpaired) electrons. The lowest BCUT2D eigenvalue weighted by molar-refractivity contribution is -0.420. The Kier molecular flexibility index (Phi) is 8.14. The molecule has 0 saturated carbocycles. The maximum absolute atomic E-state index is 6.22. The van der Waals surface area contributed by atoms with Crippen LogP contribution in [0.15, 0.2) is 36.9 Å². The quantitative estimate of drug-likeness (QED) is 0.219. The summed E-state index contributed by atoms with van der Waals surface area (Å²) in [7, 11) is 0. The van der Waals surface area contributed by atoms with Gasteiger partial charge in [0.25, 0.3) is 0 Å². The monoisotopic (exact) mass is 459 g/mol. The highest BCUT2D eigenvalue weighted by atomic mass is 35.5. The van der Waals surface area contributed by atoms with Gasteiger partial charge in [-0.3, -0.25) is 4.31 Å². The Hall–Kier alpha value is -1.46. The maximum atomic E-state index is 6.22. The zero-order valence-corrected chi connectivity index (χ0v) is 21.1. The largest absolute Gasteiger partial charge is 0.283 e. The Morgan fingerprint density at radius 2 is 1.77 bits per heavy atom. The molecule has 0 bridgehead atoms. The van der Waals surface area contributed by atoms with Gasteiger partial charge in [-0.05, 0) is 84.0 Å². The van der Waals surface area contributed by atoms with Crippen molar-refractivity contribution in [2.75, 3.05) is 17.2 Å². The number of allylic oxidation sites excluding steroid dienone is 1. The van der Waals surface area contributed by atoms with E-state index in [0.29, 0.717) is 18.4 Å². The first-order valence-electron chi connectivity index (χ1n) is 10.9. The lowest BCUT2D eigenvalue weighted by Crippen LogP contribution is -2.44. The standard InChI is InChI=1S/C26H34ClNO2S/c1-8-9-22-18(5)26(28(31-7)24-15-29-30-24)19(6)23(14-17(4)16(2)3)25(22)20-10-12-21(27)13-11-20/h8,10-13,16-17,24H,1,9,14-15H2,2-7H3. The van der Waals surface area contributed by atoms with Crippen LogP contribution >= 0.6 is 23.5 Å². The van der Waals surface area contributed by atoms with Crippen LogP contribution in [-0.2, 0) is 22.6 Å². The molecule has 0 amide bonds. The summed E-state index contributed by atoms with van der Waals surface area (Å²) < 4.78 is 2.26. The summed E-state index contributed by atoms with van der Waals surface area (Å²) in [5.74, 6) is 1.16. The van der Waals surface area contributed by atoms with Crippen LogP contribution in [0, 0.1) is 25.7 Å².